The predicted octanol–water partition coefficient (Wildman–Crippen LogP) is 4.37. The van der Waals surface area contributed by atoms with Crippen LogP contribution < -0.4 is 29.1 Å². The van der Waals surface area contributed by atoms with Gasteiger partial charge in [0.05, 0.1) is 47.7 Å². The van der Waals surface area contributed by atoms with E-state index in [2.05, 4.69) is 20.9 Å². The van der Waals surface area contributed by atoms with Gasteiger partial charge in [0.2, 0.25) is 0 Å². The highest BCUT2D eigenvalue weighted by atomic mass is 79.9. The molecule has 0 fully saturated rings. The third kappa shape index (κ3) is 5.28. The highest BCUT2D eigenvalue weighted by molar-refractivity contribution is 9.10. The molecule has 1 aliphatic rings. The second-order valence-corrected chi connectivity index (χ2v) is 10.3. The molecule has 0 spiro atoms. The molecule has 1 aromatic heterocycles. The Labute approximate surface area is 233 Å². The standard InChI is InChI=1S/C28H29BrN2O6S/c1-6-13-37-25-18(9-8-10-21(25)34-4)24-23(27(33)35-5)16(3)30-28-31(24)26(32)22(38-28)15-17-11-12-20(36-7-2)19(29)14-17/h8-12,14-15,24H,6-7,13H2,1-5H3/b22-15+/t24-/m1/s1. The van der Waals surface area contributed by atoms with Crippen LogP contribution in [0.15, 0.2) is 61.9 Å². The summed E-state index contributed by atoms with van der Waals surface area (Å²) in [6.07, 6.45) is 2.58. The predicted molar refractivity (Wildman–Crippen MR) is 150 cm³/mol. The van der Waals surface area contributed by atoms with Gasteiger partial charge in [-0.25, -0.2) is 9.79 Å². The number of hydrogen-bond donors (Lipinski definition) is 0. The molecule has 10 heteroatoms. The smallest absolute Gasteiger partial charge is 0.338 e. The van der Waals surface area contributed by atoms with E-state index in [0.717, 1.165) is 22.2 Å². The average Bonchev–Trinajstić information content (AvgIpc) is 3.21. The van der Waals surface area contributed by atoms with Crippen LogP contribution in [0, 0.1) is 0 Å². The molecule has 1 atom stereocenters. The van der Waals surface area contributed by atoms with E-state index in [0.29, 0.717) is 45.3 Å². The molecule has 4 rings (SSSR count). The second kappa shape index (κ2) is 12.0. The number of ether oxygens (including phenoxy) is 4. The van der Waals surface area contributed by atoms with Crippen LogP contribution >= 0.6 is 27.3 Å². The van der Waals surface area contributed by atoms with Crippen molar-refractivity contribution in [3.8, 4) is 17.2 Å². The van der Waals surface area contributed by atoms with E-state index in [1.807, 2.05) is 44.2 Å². The number of benzene rings is 2. The quantitative estimate of drug-likeness (QED) is 0.339. The Morgan fingerprint density at radius 3 is 2.61 bits per heavy atom. The lowest BCUT2D eigenvalue weighted by Gasteiger charge is -2.26. The maximum absolute atomic E-state index is 13.9. The zero-order valence-corrected chi connectivity index (χ0v) is 24.3. The van der Waals surface area contributed by atoms with Crippen molar-refractivity contribution in [1.82, 2.24) is 4.57 Å². The number of nitrogens with zero attached hydrogens (tertiary/aromatic N) is 2. The number of fused-ring (bicyclic) bond motifs is 1. The molecule has 8 nitrogen and oxygen atoms in total. The van der Waals surface area contributed by atoms with Crippen molar-refractivity contribution in [3.05, 3.63) is 83.0 Å². The molecule has 0 radical (unpaired) electrons. The summed E-state index contributed by atoms with van der Waals surface area (Å²) in [5.74, 6) is 1.14. The van der Waals surface area contributed by atoms with Crippen LogP contribution in [-0.4, -0.2) is 38.0 Å². The van der Waals surface area contributed by atoms with Gasteiger partial charge in [0, 0.05) is 5.56 Å². The molecule has 2 heterocycles. The van der Waals surface area contributed by atoms with Gasteiger partial charge in [-0.3, -0.25) is 9.36 Å². The average molecular weight is 602 g/mol. The SMILES string of the molecule is CCCOc1c(OC)cccc1[C@@H]1C(C(=O)OC)=C(C)N=c2s/c(=C/c3ccc(OCC)c(Br)c3)c(=O)n21. The van der Waals surface area contributed by atoms with Crippen LogP contribution in [0.1, 0.15) is 44.4 Å². The number of thiazole rings is 1. The number of carbonyl (C=O) groups is 1. The number of para-hydroxylation sites is 1. The maximum atomic E-state index is 13.9. The molecule has 0 bridgehead atoms. The topological polar surface area (TPSA) is 88.4 Å². The lowest BCUT2D eigenvalue weighted by molar-refractivity contribution is -0.136. The van der Waals surface area contributed by atoms with Crippen LogP contribution in [0.2, 0.25) is 0 Å². The molecule has 0 saturated heterocycles. The van der Waals surface area contributed by atoms with Gasteiger partial charge >= 0.3 is 5.97 Å². The fourth-order valence-electron chi connectivity index (χ4n) is 4.29. The molecule has 38 heavy (non-hydrogen) atoms. The highest BCUT2D eigenvalue weighted by Crippen LogP contribution is 2.40. The molecule has 0 aliphatic carbocycles. The number of hydrogen-bond acceptors (Lipinski definition) is 8. The third-order valence-corrected chi connectivity index (χ3v) is 7.56. The van der Waals surface area contributed by atoms with E-state index in [-0.39, 0.29) is 11.1 Å². The van der Waals surface area contributed by atoms with E-state index in [9.17, 15) is 9.59 Å². The molecule has 0 saturated carbocycles. The van der Waals surface area contributed by atoms with E-state index in [1.54, 1.807) is 26.2 Å². The van der Waals surface area contributed by atoms with Gasteiger partial charge in [-0.1, -0.05) is 36.5 Å². The Hall–Kier alpha value is -3.37. The van der Waals surface area contributed by atoms with Gasteiger partial charge in [0.15, 0.2) is 16.3 Å². The number of methoxy groups -OCH3 is 2. The first kappa shape index (κ1) is 27.7. The van der Waals surface area contributed by atoms with Crippen LogP contribution in [0.4, 0.5) is 0 Å². The minimum Gasteiger partial charge on any atom is -0.493 e. The van der Waals surface area contributed by atoms with Gasteiger partial charge in [0.1, 0.15) is 11.8 Å². The van der Waals surface area contributed by atoms with Crippen molar-refractivity contribution in [2.24, 2.45) is 4.99 Å². The van der Waals surface area contributed by atoms with Gasteiger partial charge in [-0.05, 0) is 66.0 Å². The fourth-order valence-corrected chi connectivity index (χ4v) is 5.84. The van der Waals surface area contributed by atoms with Crippen molar-refractivity contribution < 1.29 is 23.7 Å². The van der Waals surface area contributed by atoms with Crippen molar-refractivity contribution >= 4 is 39.3 Å². The van der Waals surface area contributed by atoms with Crippen molar-refractivity contribution in [3.63, 3.8) is 0 Å². The van der Waals surface area contributed by atoms with Gasteiger partial charge in [-0.2, -0.15) is 0 Å². The zero-order valence-electron chi connectivity index (χ0n) is 21.9. The van der Waals surface area contributed by atoms with Crippen LogP contribution in [0.5, 0.6) is 17.2 Å². The molecular formula is C28H29BrN2O6S. The summed E-state index contributed by atoms with van der Waals surface area (Å²) < 4.78 is 25.2. The summed E-state index contributed by atoms with van der Waals surface area (Å²) in [6, 6.07) is 10.3. The normalized spacial score (nSPS) is 15.1. The van der Waals surface area contributed by atoms with E-state index in [4.69, 9.17) is 18.9 Å². The van der Waals surface area contributed by atoms with E-state index in [1.165, 1.54) is 23.0 Å². The second-order valence-electron chi connectivity index (χ2n) is 8.42. The molecule has 2 aromatic carbocycles. The highest BCUT2D eigenvalue weighted by Gasteiger charge is 2.35. The first-order valence-corrected chi connectivity index (χ1v) is 13.8. The third-order valence-electron chi connectivity index (χ3n) is 5.95. The number of aromatic nitrogens is 1. The number of allylic oxidation sites excluding steroid dienone is 1. The minimum absolute atomic E-state index is 0.268. The lowest BCUT2D eigenvalue weighted by atomic mass is 9.94. The summed E-state index contributed by atoms with van der Waals surface area (Å²) in [6.45, 7) is 6.65. The number of carbonyl (C=O) groups excluding carboxylic acids is 1. The molecule has 0 unspecified atom stereocenters. The van der Waals surface area contributed by atoms with Crippen molar-refractivity contribution in [2.75, 3.05) is 27.4 Å². The van der Waals surface area contributed by atoms with E-state index >= 15 is 0 Å². The lowest BCUT2D eigenvalue weighted by Crippen LogP contribution is -2.40. The van der Waals surface area contributed by atoms with Crippen molar-refractivity contribution in [2.45, 2.75) is 33.2 Å². The zero-order chi connectivity index (χ0) is 27.4. The molecule has 200 valence electrons. The first-order valence-electron chi connectivity index (χ1n) is 12.2. The minimum atomic E-state index is -0.810. The Morgan fingerprint density at radius 1 is 1.16 bits per heavy atom. The first-order chi connectivity index (χ1) is 18.3. The van der Waals surface area contributed by atoms with Crippen molar-refractivity contribution in [1.29, 1.82) is 0 Å². The molecular weight excluding hydrogens is 572 g/mol. The summed E-state index contributed by atoms with van der Waals surface area (Å²) in [7, 11) is 2.87. The van der Waals surface area contributed by atoms with E-state index < -0.39 is 12.0 Å². The molecule has 0 N–H and O–H groups in total. The number of halogens is 1. The Balaban J connectivity index is 1.96. The summed E-state index contributed by atoms with van der Waals surface area (Å²) >= 11 is 4.79. The molecule has 3 aromatic rings. The largest absolute Gasteiger partial charge is 0.493 e. The summed E-state index contributed by atoms with van der Waals surface area (Å²) in [5.41, 5.74) is 1.90. The number of rotatable bonds is 9. The molecule has 0 amide bonds. The van der Waals surface area contributed by atoms with Gasteiger partial charge < -0.3 is 18.9 Å². The van der Waals surface area contributed by atoms with Gasteiger partial charge in [-0.15, -0.1) is 0 Å². The Morgan fingerprint density at radius 2 is 1.95 bits per heavy atom. The monoisotopic (exact) mass is 600 g/mol. The van der Waals surface area contributed by atoms with Crippen LogP contribution in [0.25, 0.3) is 6.08 Å². The summed E-state index contributed by atoms with van der Waals surface area (Å²) in [4.78, 5) is 32.0. The fraction of sp³-hybridized carbons (Fsp3) is 0.321. The maximum Gasteiger partial charge on any atom is 0.338 e. The van der Waals surface area contributed by atoms with Crippen LogP contribution in [0.3, 0.4) is 0 Å². The van der Waals surface area contributed by atoms with Crippen LogP contribution in [-0.2, 0) is 9.53 Å². The Kier molecular flexibility index (Phi) is 8.73. The summed E-state index contributed by atoms with van der Waals surface area (Å²) in [5, 5.41) is 0. The Bertz CT molecular complexity index is 1570. The molecule has 1 aliphatic heterocycles. The number of esters is 1. The van der Waals surface area contributed by atoms with Gasteiger partial charge in [0.25, 0.3) is 5.56 Å².